The highest BCUT2D eigenvalue weighted by Crippen LogP contribution is 2.38. The molecule has 2 aromatic heterocycles. The maximum Gasteiger partial charge on any atom is 0.113 e. The maximum absolute atomic E-state index is 4.26. The fourth-order valence-corrected chi connectivity index (χ4v) is 3.35. The molecule has 108 valence electrons. The zero-order valence-electron chi connectivity index (χ0n) is 12.1. The van der Waals surface area contributed by atoms with Crippen molar-refractivity contribution in [1.82, 2.24) is 14.9 Å². The quantitative estimate of drug-likeness (QED) is 0.887. The maximum atomic E-state index is 4.26. The molecular weight excluding hydrogens is 260 g/mol. The molecule has 4 nitrogen and oxygen atoms in total. The summed E-state index contributed by atoms with van der Waals surface area (Å²) in [5, 5.41) is 3.44. The van der Waals surface area contributed by atoms with Gasteiger partial charge in [-0.15, -0.1) is 0 Å². The molecule has 2 N–H and O–H groups in total. The molecule has 1 fully saturated rings. The molecule has 0 amide bonds. The Labute approximate surface area is 124 Å². The van der Waals surface area contributed by atoms with Crippen molar-refractivity contribution in [3.8, 4) is 11.1 Å². The number of piperidine rings is 1. The average molecular weight is 280 g/mol. The van der Waals surface area contributed by atoms with Gasteiger partial charge in [-0.1, -0.05) is 6.07 Å². The normalized spacial score (nSPS) is 17.9. The zero-order chi connectivity index (χ0) is 14.1. The highest BCUT2D eigenvalue weighted by molar-refractivity contribution is 5.88. The predicted octanol–water partition coefficient (Wildman–Crippen LogP) is 3.33. The molecule has 0 aliphatic carbocycles. The van der Waals surface area contributed by atoms with E-state index in [2.05, 4.69) is 38.5 Å². The predicted molar refractivity (Wildman–Crippen MR) is 85.9 cm³/mol. The van der Waals surface area contributed by atoms with Crippen LogP contribution >= 0.6 is 0 Å². The van der Waals surface area contributed by atoms with Crippen molar-refractivity contribution >= 4 is 11.5 Å². The number of nitrogens with zero attached hydrogens (tertiary/aromatic N) is 2. The van der Waals surface area contributed by atoms with Crippen molar-refractivity contribution in [2.45, 2.75) is 19.3 Å². The number of H-pyrrole nitrogens is 1. The van der Waals surface area contributed by atoms with Crippen molar-refractivity contribution in [2.75, 3.05) is 25.0 Å². The van der Waals surface area contributed by atoms with Gasteiger partial charge < -0.3 is 15.2 Å². The summed E-state index contributed by atoms with van der Waals surface area (Å²) in [7, 11) is 0. The van der Waals surface area contributed by atoms with Gasteiger partial charge in [0, 0.05) is 60.6 Å². The second-order valence-corrected chi connectivity index (χ2v) is 5.71. The van der Waals surface area contributed by atoms with Gasteiger partial charge in [0.2, 0.25) is 0 Å². The molecule has 0 spiro atoms. The van der Waals surface area contributed by atoms with E-state index < -0.39 is 0 Å². The Hall–Kier alpha value is -2.23. The summed E-state index contributed by atoms with van der Waals surface area (Å²) in [6, 6.07) is 4.12. The van der Waals surface area contributed by atoms with Crippen LogP contribution in [0.15, 0.2) is 36.8 Å². The van der Waals surface area contributed by atoms with Crippen LogP contribution < -0.4 is 5.32 Å². The van der Waals surface area contributed by atoms with Gasteiger partial charge in [-0.2, -0.15) is 0 Å². The summed E-state index contributed by atoms with van der Waals surface area (Å²) in [6.45, 7) is 3.23. The molecule has 1 saturated heterocycles. The lowest BCUT2D eigenvalue weighted by atomic mass is 9.99. The molecule has 4 rings (SSSR count). The first-order valence-electron chi connectivity index (χ1n) is 7.74. The number of pyridine rings is 1. The van der Waals surface area contributed by atoms with Crippen LogP contribution in [0.2, 0.25) is 0 Å². The Morgan fingerprint density at radius 3 is 2.86 bits per heavy atom. The molecule has 0 radical (unpaired) electrons. The van der Waals surface area contributed by atoms with Crippen LogP contribution in [-0.4, -0.2) is 34.5 Å². The van der Waals surface area contributed by atoms with Gasteiger partial charge in [0.25, 0.3) is 0 Å². The number of aromatic amines is 1. The Morgan fingerprint density at radius 1 is 1.14 bits per heavy atom. The molecule has 21 heavy (non-hydrogen) atoms. The van der Waals surface area contributed by atoms with E-state index in [1.54, 1.807) is 0 Å². The van der Waals surface area contributed by atoms with E-state index in [1.807, 2.05) is 18.5 Å². The van der Waals surface area contributed by atoms with Gasteiger partial charge in [-0.05, 0) is 31.4 Å². The van der Waals surface area contributed by atoms with E-state index in [4.69, 9.17) is 0 Å². The van der Waals surface area contributed by atoms with Crippen molar-refractivity contribution in [2.24, 2.45) is 0 Å². The van der Waals surface area contributed by atoms with E-state index >= 15 is 0 Å². The fourth-order valence-electron chi connectivity index (χ4n) is 3.35. The van der Waals surface area contributed by atoms with Crippen molar-refractivity contribution in [3.05, 3.63) is 42.4 Å². The average Bonchev–Trinajstić information content (AvgIpc) is 3.00. The Kier molecular flexibility index (Phi) is 3.14. The Balaban J connectivity index is 1.77. The van der Waals surface area contributed by atoms with Crippen LogP contribution in [-0.2, 0) is 0 Å². The van der Waals surface area contributed by atoms with Crippen LogP contribution in [0.1, 0.15) is 24.8 Å². The van der Waals surface area contributed by atoms with Gasteiger partial charge in [-0.3, -0.25) is 4.98 Å². The zero-order valence-corrected chi connectivity index (χ0v) is 12.1. The molecule has 4 heterocycles. The smallest absolute Gasteiger partial charge is 0.113 e. The molecule has 2 aliphatic rings. The number of likely N-dealkylation sites (tertiary alicyclic amines) is 1. The molecule has 2 aromatic rings. The minimum atomic E-state index is 0.895. The number of anilines is 1. The number of hydrogen-bond donors (Lipinski definition) is 2. The monoisotopic (exact) mass is 280 g/mol. The van der Waals surface area contributed by atoms with Crippen LogP contribution in [0, 0.1) is 0 Å². The van der Waals surface area contributed by atoms with Crippen molar-refractivity contribution in [1.29, 1.82) is 0 Å². The van der Waals surface area contributed by atoms with E-state index in [0.717, 1.165) is 12.4 Å². The summed E-state index contributed by atoms with van der Waals surface area (Å²) >= 11 is 0. The summed E-state index contributed by atoms with van der Waals surface area (Å²) in [6.07, 6.45) is 12.1. The second kappa shape index (κ2) is 5.28. The Morgan fingerprint density at radius 2 is 2.05 bits per heavy atom. The lowest BCUT2D eigenvalue weighted by molar-refractivity contribution is 0.325. The molecule has 0 saturated carbocycles. The molecule has 0 atom stereocenters. The molecule has 0 aromatic carbocycles. The topological polar surface area (TPSA) is 44.0 Å². The summed E-state index contributed by atoms with van der Waals surface area (Å²) in [4.78, 5) is 10.2. The first-order chi connectivity index (χ1) is 10.4. The Bertz CT molecular complexity index is 651. The van der Waals surface area contributed by atoms with E-state index in [1.165, 1.54) is 54.7 Å². The van der Waals surface area contributed by atoms with Crippen LogP contribution in [0.5, 0.6) is 0 Å². The van der Waals surface area contributed by atoms with Gasteiger partial charge in [0.05, 0.1) is 0 Å². The van der Waals surface area contributed by atoms with Gasteiger partial charge in [0.15, 0.2) is 0 Å². The van der Waals surface area contributed by atoms with Crippen LogP contribution in [0.25, 0.3) is 16.8 Å². The number of hydrogen-bond acceptors (Lipinski definition) is 3. The van der Waals surface area contributed by atoms with Crippen molar-refractivity contribution < 1.29 is 0 Å². The molecule has 0 bridgehead atoms. The van der Waals surface area contributed by atoms with Crippen LogP contribution in [0.4, 0.5) is 5.82 Å². The third kappa shape index (κ3) is 2.20. The van der Waals surface area contributed by atoms with E-state index in [-0.39, 0.29) is 0 Å². The summed E-state index contributed by atoms with van der Waals surface area (Å²) in [5.41, 5.74) is 5.09. The minimum absolute atomic E-state index is 0.895. The lowest BCUT2D eigenvalue weighted by Gasteiger charge is -2.33. The SMILES string of the molecule is C1=C(N2CCCCC2)c2c(-c3cccnc3)c[nH]c2NC1. The third-order valence-corrected chi connectivity index (χ3v) is 4.38. The largest absolute Gasteiger partial charge is 0.371 e. The number of aromatic nitrogens is 2. The van der Waals surface area contributed by atoms with E-state index in [0.29, 0.717) is 0 Å². The second-order valence-electron chi connectivity index (χ2n) is 5.71. The number of fused-ring (bicyclic) bond motifs is 1. The summed E-state index contributed by atoms with van der Waals surface area (Å²) < 4.78 is 0. The molecular formula is C17H20N4. The minimum Gasteiger partial charge on any atom is -0.371 e. The fraction of sp³-hybridized carbons (Fsp3) is 0.353. The third-order valence-electron chi connectivity index (χ3n) is 4.38. The highest BCUT2D eigenvalue weighted by atomic mass is 15.2. The van der Waals surface area contributed by atoms with Gasteiger partial charge >= 0.3 is 0 Å². The van der Waals surface area contributed by atoms with Crippen LogP contribution in [0.3, 0.4) is 0 Å². The van der Waals surface area contributed by atoms with Crippen molar-refractivity contribution in [3.63, 3.8) is 0 Å². The lowest BCUT2D eigenvalue weighted by Crippen LogP contribution is -2.30. The molecule has 2 aliphatic heterocycles. The molecule has 0 unspecified atom stereocenters. The van der Waals surface area contributed by atoms with Gasteiger partial charge in [-0.25, -0.2) is 0 Å². The highest BCUT2D eigenvalue weighted by Gasteiger charge is 2.24. The van der Waals surface area contributed by atoms with Gasteiger partial charge in [0.1, 0.15) is 5.82 Å². The first-order valence-corrected chi connectivity index (χ1v) is 7.74. The number of rotatable bonds is 2. The standard InChI is InChI=1S/C17H20N4/c1-2-9-21(10-3-1)15-6-8-19-17-16(15)14(12-20-17)13-5-4-7-18-11-13/h4-7,11-12,19-20H,1-3,8-10H2. The molecule has 4 heteroatoms. The first kappa shape index (κ1) is 12.5. The number of nitrogens with one attached hydrogen (secondary N) is 2. The summed E-state index contributed by atoms with van der Waals surface area (Å²) in [5.74, 6) is 1.14. The van der Waals surface area contributed by atoms with E-state index in [9.17, 15) is 0 Å².